The van der Waals surface area contributed by atoms with E-state index in [1.54, 1.807) is 0 Å². The van der Waals surface area contributed by atoms with Gasteiger partial charge in [-0.2, -0.15) is 5.10 Å². The molecule has 0 fully saturated rings. The van der Waals surface area contributed by atoms with E-state index < -0.39 is 0 Å². The molecule has 0 saturated carbocycles. The summed E-state index contributed by atoms with van der Waals surface area (Å²) in [6.07, 6.45) is 4.87. The molecule has 1 aromatic carbocycles. The van der Waals surface area contributed by atoms with E-state index in [0.29, 0.717) is 0 Å². The Labute approximate surface area is 136 Å². The number of nitrogens with zero attached hydrogens (tertiary/aromatic N) is 2. The molecule has 1 atom stereocenters. The van der Waals surface area contributed by atoms with Gasteiger partial charge in [-0.25, -0.2) is 4.68 Å². The Bertz CT molecular complexity index is 721. The van der Waals surface area contributed by atoms with E-state index in [4.69, 9.17) is 4.74 Å². The monoisotopic (exact) mass is 313 g/mol. The number of nitrogens with one attached hydrogen (secondary N) is 1. The van der Waals surface area contributed by atoms with Crippen LogP contribution in [0.25, 0.3) is 5.69 Å². The molecule has 1 heterocycles. The van der Waals surface area contributed by atoms with E-state index in [0.717, 1.165) is 30.5 Å². The van der Waals surface area contributed by atoms with Gasteiger partial charge in [-0.3, -0.25) is 4.79 Å². The van der Waals surface area contributed by atoms with Crippen LogP contribution in [0, 0.1) is 13.8 Å². The number of aromatic nitrogens is 2. The molecule has 5 heteroatoms. The van der Waals surface area contributed by atoms with Crippen molar-refractivity contribution in [2.45, 2.75) is 39.2 Å². The van der Waals surface area contributed by atoms with Crippen LogP contribution >= 0.6 is 0 Å². The van der Waals surface area contributed by atoms with Gasteiger partial charge in [0, 0.05) is 18.4 Å². The lowest BCUT2D eigenvalue weighted by Crippen LogP contribution is -2.33. The van der Waals surface area contributed by atoms with E-state index in [-0.39, 0.29) is 18.6 Å². The van der Waals surface area contributed by atoms with Crippen LogP contribution in [0.4, 0.5) is 0 Å². The number of benzene rings is 1. The minimum atomic E-state index is -0.0789. The fourth-order valence-corrected chi connectivity index (χ4v) is 3.25. The van der Waals surface area contributed by atoms with Crippen molar-refractivity contribution in [1.82, 2.24) is 15.1 Å². The zero-order chi connectivity index (χ0) is 16.4. The lowest BCUT2D eigenvalue weighted by Gasteiger charge is -2.24. The average molecular weight is 313 g/mol. The minimum absolute atomic E-state index is 0.0280. The van der Waals surface area contributed by atoms with Gasteiger partial charge in [-0.05, 0) is 50.3 Å². The number of rotatable bonds is 4. The summed E-state index contributed by atoms with van der Waals surface area (Å²) < 4.78 is 6.94. The fraction of sp³-hybridized carbons (Fsp3) is 0.444. The zero-order valence-corrected chi connectivity index (χ0v) is 13.9. The summed E-state index contributed by atoms with van der Waals surface area (Å²) >= 11 is 0. The summed E-state index contributed by atoms with van der Waals surface area (Å²) in [5.41, 5.74) is 5.95. The van der Waals surface area contributed by atoms with E-state index in [1.165, 1.54) is 23.9 Å². The second-order valence-electron chi connectivity index (χ2n) is 6.12. The van der Waals surface area contributed by atoms with Crippen LogP contribution in [-0.2, 0) is 16.0 Å². The van der Waals surface area contributed by atoms with E-state index in [2.05, 4.69) is 42.5 Å². The number of amides is 1. The van der Waals surface area contributed by atoms with E-state index >= 15 is 0 Å². The van der Waals surface area contributed by atoms with Crippen molar-refractivity contribution in [2.24, 2.45) is 0 Å². The van der Waals surface area contributed by atoms with Gasteiger partial charge in [-0.15, -0.1) is 0 Å². The summed E-state index contributed by atoms with van der Waals surface area (Å²) in [6.45, 7) is 4.33. The largest absolute Gasteiger partial charge is 0.375 e. The molecule has 1 N–H and O–H groups in total. The van der Waals surface area contributed by atoms with Crippen LogP contribution in [0.3, 0.4) is 0 Å². The highest BCUT2D eigenvalue weighted by atomic mass is 16.5. The third-order valence-electron chi connectivity index (χ3n) is 4.60. The number of ether oxygens (including phenoxy) is 1. The second kappa shape index (κ2) is 6.54. The number of carbonyl (C=O) groups excluding carboxylic acids is 1. The van der Waals surface area contributed by atoms with Crippen LogP contribution < -0.4 is 5.32 Å². The zero-order valence-electron chi connectivity index (χ0n) is 13.9. The Morgan fingerprint density at radius 3 is 3.04 bits per heavy atom. The number of methoxy groups -OCH3 is 1. The Hall–Kier alpha value is -2.14. The molecule has 0 radical (unpaired) electrons. The van der Waals surface area contributed by atoms with Crippen molar-refractivity contribution in [2.75, 3.05) is 13.7 Å². The summed E-state index contributed by atoms with van der Waals surface area (Å²) in [6, 6.07) is 6.30. The predicted octanol–water partition coefficient (Wildman–Crippen LogP) is 2.63. The molecule has 1 aromatic heterocycles. The van der Waals surface area contributed by atoms with Crippen molar-refractivity contribution in [3.8, 4) is 5.69 Å². The third kappa shape index (κ3) is 3.01. The first-order valence-corrected chi connectivity index (χ1v) is 8.03. The summed E-state index contributed by atoms with van der Waals surface area (Å²) in [5, 5.41) is 7.66. The SMILES string of the molecule is COCC(=O)N[C@@H]1CCCc2c1cnn2-c1cccc(C)c1C. The Morgan fingerprint density at radius 2 is 2.26 bits per heavy atom. The van der Waals surface area contributed by atoms with E-state index in [1.807, 2.05) is 10.9 Å². The van der Waals surface area contributed by atoms with Crippen molar-refractivity contribution >= 4 is 5.91 Å². The quantitative estimate of drug-likeness (QED) is 0.944. The highest BCUT2D eigenvalue weighted by Gasteiger charge is 2.26. The predicted molar refractivity (Wildman–Crippen MR) is 88.7 cm³/mol. The summed E-state index contributed by atoms with van der Waals surface area (Å²) in [7, 11) is 1.53. The average Bonchev–Trinajstić information content (AvgIpc) is 2.95. The number of fused-ring (bicyclic) bond motifs is 1. The molecular weight excluding hydrogens is 290 g/mol. The topological polar surface area (TPSA) is 56.1 Å². The van der Waals surface area contributed by atoms with Gasteiger partial charge < -0.3 is 10.1 Å². The number of carbonyl (C=O) groups is 1. The van der Waals surface area contributed by atoms with Gasteiger partial charge in [0.25, 0.3) is 0 Å². The highest BCUT2D eigenvalue weighted by molar-refractivity contribution is 5.77. The van der Waals surface area contributed by atoms with Crippen LogP contribution in [0.1, 0.15) is 41.3 Å². The van der Waals surface area contributed by atoms with Gasteiger partial charge in [-0.1, -0.05) is 12.1 Å². The van der Waals surface area contributed by atoms with Gasteiger partial charge >= 0.3 is 0 Å². The molecule has 3 rings (SSSR count). The number of aryl methyl sites for hydroxylation is 1. The van der Waals surface area contributed by atoms with Crippen molar-refractivity contribution in [3.05, 3.63) is 46.8 Å². The summed E-state index contributed by atoms with van der Waals surface area (Å²) in [4.78, 5) is 11.8. The molecule has 0 saturated heterocycles. The fourth-order valence-electron chi connectivity index (χ4n) is 3.25. The van der Waals surface area contributed by atoms with Crippen molar-refractivity contribution in [3.63, 3.8) is 0 Å². The van der Waals surface area contributed by atoms with Crippen LogP contribution in [0.5, 0.6) is 0 Å². The molecule has 5 nitrogen and oxygen atoms in total. The molecule has 1 aliphatic carbocycles. The minimum Gasteiger partial charge on any atom is -0.375 e. The lowest BCUT2D eigenvalue weighted by molar-refractivity contribution is -0.125. The van der Waals surface area contributed by atoms with Gasteiger partial charge in [0.2, 0.25) is 5.91 Å². The Kier molecular flexibility index (Phi) is 4.48. The van der Waals surface area contributed by atoms with E-state index in [9.17, 15) is 4.79 Å². The second-order valence-corrected chi connectivity index (χ2v) is 6.12. The van der Waals surface area contributed by atoms with Crippen molar-refractivity contribution in [1.29, 1.82) is 0 Å². The van der Waals surface area contributed by atoms with Crippen LogP contribution in [0.2, 0.25) is 0 Å². The Morgan fingerprint density at radius 1 is 1.43 bits per heavy atom. The van der Waals surface area contributed by atoms with Gasteiger partial charge in [0.05, 0.1) is 17.9 Å². The molecule has 122 valence electrons. The first-order chi connectivity index (χ1) is 11.1. The molecule has 0 aliphatic heterocycles. The first kappa shape index (κ1) is 15.7. The molecule has 0 bridgehead atoms. The first-order valence-electron chi connectivity index (χ1n) is 8.03. The van der Waals surface area contributed by atoms with Crippen LogP contribution in [-0.4, -0.2) is 29.4 Å². The molecule has 0 spiro atoms. The smallest absolute Gasteiger partial charge is 0.246 e. The maximum Gasteiger partial charge on any atom is 0.246 e. The van der Waals surface area contributed by atoms with Gasteiger partial charge in [0.15, 0.2) is 0 Å². The Balaban J connectivity index is 1.94. The molecule has 23 heavy (non-hydrogen) atoms. The third-order valence-corrected chi connectivity index (χ3v) is 4.60. The number of hydrogen-bond acceptors (Lipinski definition) is 3. The molecule has 2 aromatic rings. The maximum absolute atomic E-state index is 11.8. The molecule has 0 unspecified atom stereocenters. The molecular formula is C18H23N3O2. The maximum atomic E-state index is 11.8. The number of hydrogen-bond donors (Lipinski definition) is 1. The lowest BCUT2D eigenvalue weighted by atomic mass is 9.92. The summed E-state index contributed by atoms with van der Waals surface area (Å²) in [5.74, 6) is -0.0789. The molecule has 1 amide bonds. The standard InChI is InChI=1S/C18H23N3O2/c1-12-6-4-8-16(13(12)2)21-17-9-5-7-15(14(17)10-19-21)20-18(22)11-23-3/h4,6,8,10,15H,5,7,9,11H2,1-3H3,(H,20,22)/t15-/m1/s1. The molecule has 1 aliphatic rings. The van der Waals surface area contributed by atoms with Crippen LogP contribution in [0.15, 0.2) is 24.4 Å². The van der Waals surface area contributed by atoms with Crippen molar-refractivity contribution < 1.29 is 9.53 Å². The van der Waals surface area contributed by atoms with Gasteiger partial charge in [0.1, 0.15) is 6.61 Å². The normalized spacial score (nSPS) is 16.9. The highest BCUT2D eigenvalue weighted by Crippen LogP contribution is 2.32.